The van der Waals surface area contributed by atoms with E-state index in [0.29, 0.717) is 0 Å². The highest BCUT2D eigenvalue weighted by molar-refractivity contribution is 6.23. The Labute approximate surface area is 333 Å². The van der Waals surface area contributed by atoms with Crippen LogP contribution in [0.15, 0.2) is 201 Å². The van der Waals surface area contributed by atoms with Gasteiger partial charge in [0, 0.05) is 61.2 Å². The minimum atomic E-state index is 0.800. The Morgan fingerprint density at radius 2 is 0.862 bits per heavy atom. The molecule has 0 atom stereocenters. The minimum absolute atomic E-state index is 0.800. The molecule has 12 aromatic rings. The molecule has 12 rings (SSSR count). The first kappa shape index (κ1) is 32.5. The smallest absolute Gasteiger partial charge is 0.159 e. The van der Waals surface area contributed by atoms with E-state index in [2.05, 4.69) is 174 Å². The second kappa shape index (κ2) is 12.6. The van der Waals surface area contributed by atoms with Crippen LogP contribution in [-0.4, -0.2) is 0 Å². The SMILES string of the molecule is Cc1ccccc1N(c1cc2oc3cc(N(c4ccccc4)c4cccc5c4oc4ccccc45)ccc3c2c2ccccc12)c1cccc2c1oc1ccccc12. The molecular formula is C53H34N2O3. The number of furan rings is 3. The number of benzene rings is 9. The van der Waals surface area contributed by atoms with E-state index < -0.39 is 0 Å². The lowest BCUT2D eigenvalue weighted by Crippen LogP contribution is -2.12. The summed E-state index contributed by atoms with van der Waals surface area (Å²) < 4.78 is 20.2. The molecule has 0 aliphatic carbocycles. The van der Waals surface area contributed by atoms with Crippen molar-refractivity contribution in [3.05, 3.63) is 194 Å². The number of fused-ring (bicyclic) bond motifs is 11. The molecule has 5 heteroatoms. The molecule has 0 radical (unpaired) electrons. The molecule has 0 aliphatic rings. The van der Waals surface area contributed by atoms with Crippen LogP contribution in [-0.2, 0) is 0 Å². The third kappa shape index (κ3) is 4.83. The van der Waals surface area contributed by atoms with Gasteiger partial charge in [0.1, 0.15) is 22.3 Å². The Bertz CT molecular complexity index is 3560. The molecular weight excluding hydrogens is 713 g/mol. The van der Waals surface area contributed by atoms with Gasteiger partial charge in [-0.05, 0) is 72.5 Å². The maximum absolute atomic E-state index is 6.99. The molecule has 3 aromatic heterocycles. The number of hydrogen-bond acceptors (Lipinski definition) is 5. The zero-order valence-electron chi connectivity index (χ0n) is 31.5. The average molecular weight is 747 g/mol. The van der Waals surface area contributed by atoms with Gasteiger partial charge in [-0.15, -0.1) is 0 Å². The van der Waals surface area contributed by atoms with E-state index in [1.165, 1.54) is 0 Å². The van der Waals surface area contributed by atoms with E-state index in [4.69, 9.17) is 13.3 Å². The van der Waals surface area contributed by atoms with E-state index in [0.717, 1.165) is 116 Å². The van der Waals surface area contributed by atoms with Gasteiger partial charge in [-0.25, -0.2) is 0 Å². The summed E-state index contributed by atoms with van der Waals surface area (Å²) in [5, 5.41) is 8.71. The van der Waals surface area contributed by atoms with Gasteiger partial charge in [-0.1, -0.05) is 121 Å². The standard InChI is InChI=1S/C53H34N2O3/c1-33-15-5-10-24-43(33)55(45-26-14-23-41-38-20-9-12-28-48(38)58-53(41)45)46-32-50-51(39-21-7-6-18-36(39)46)42-30-29-35(31-49(42)56-50)54(34-16-3-2-4-17-34)44-25-13-22-40-37-19-8-11-27-47(37)57-52(40)44/h2-32H,1H3. The zero-order chi connectivity index (χ0) is 38.3. The summed E-state index contributed by atoms with van der Waals surface area (Å²) >= 11 is 0. The van der Waals surface area contributed by atoms with Gasteiger partial charge in [0.15, 0.2) is 11.2 Å². The molecule has 9 aromatic carbocycles. The Kier molecular flexibility index (Phi) is 7.07. The molecule has 0 saturated heterocycles. The molecule has 0 saturated carbocycles. The Morgan fingerprint density at radius 1 is 0.310 bits per heavy atom. The van der Waals surface area contributed by atoms with Crippen molar-refractivity contribution in [2.45, 2.75) is 6.92 Å². The van der Waals surface area contributed by atoms with E-state index in [1.807, 2.05) is 30.3 Å². The summed E-state index contributed by atoms with van der Waals surface area (Å²) in [6, 6.07) is 65.7. The number of rotatable bonds is 6. The summed E-state index contributed by atoms with van der Waals surface area (Å²) in [5.41, 5.74) is 12.1. The van der Waals surface area contributed by atoms with Gasteiger partial charge in [0.05, 0.1) is 22.7 Å². The third-order valence-corrected chi connectivity index (χ3v) is 11.6. The highest BCUT2D eigenvalue weighted by Gasteiger charge is 2.25. The lowest BCUT2D eigenvalue weighted by molar-refractivity contribution is 0.667. The number of anilines is 6. The van der Waals surface area contributed by atoms with Crippen molar-refractivity contribution in [3.63, 3.8) is 0 Å². The van der Waals surface area contributed by atoms with Crippen LogP contribution in [0.2, 0.25) is 0 Å². The topological polar surface area (TPSA) is 45.9 Å². The predicted molar refractivity (Wildman–Crippen MR) is 240 cm³/mol. The Morgan fingerprint density at radius 3 is 1.55 bits per heavy atom. The summed E-state index contributed by atoms with van der Waals surface area (Å²) in [6.07, 6.45) is 0. The lowest BCUT2D eigenvalue weighted by atomic mass is 10.00. The minimum Gasteiger partial charge on any atom is -0.456 e. The Hall–Kier alpha value is -7.76. The molecule has 0 spiro atoms. The van der Waals surface area contributed by atoms with Crippen molar-refractivity contribution in [1.29, 1.82) is 0 Å². The van der Waals surface area contributed by atoms with Crippen molar-refractivity contribution in [2.24, 2.45) is 0 Å². The van der Waals surface area contributed by atoms with E-state index in [9.17, 15) is 0 Å². The van der Waals surface area contributed by atoms with Crippen LogP contribution in [0.1, 0.15) is 5.56 Å². The van der Waals surface area contributed by atoms with Gasteiger partial charge in [0.25, 0.3) is 0 Å². The number of nitrogens with zero attached hydrogens (tertiary/aromatic N) is 2. The normalized spacial score (nSPS) is 11.9. The fourth-order valence-corrected chi connectivity index (χ4v) is 8.96. The summed E-state index contributed by atoms with van der Waals surface area (Å²) in [6.45, 7) is 2.16. The highest BCUT2D eigenvalue weighted by Crippen LogP contribution is 2.49. The monoisotopic (exact) mass is 746 g/mol. The van der Waals surface area contributed by atoms with E-state index in [1.54, 1.807) is 0 Å². The van der Waals surface area contributed by atoms with Crippen molar-refractivity contribution in [1.82, 2.24) is 0 Å². The molecule has 0 bridgehead atoms. The molecule has 0 fully saturated rings. The van der Waals surface area contributed by atoms with E-state index in [-0.39, 0.29) is 0 Å². The second-order valence-corrected chi connectivity index (χ2v) is 14.9. The zero-order valence-corrected chi connectivity index (χ0v) is 31.5. The molecule has 3 heterocycles. The van der Waals surface area contributed by atoms with Crippen LogP contribution in [0.3, 0.4) is 0 Å². The molecule has 274 valence electrons. The van der Waals surface area contributed by atoms with Gasteiger partial charge in [-0.2, -0.15) is 0 Å². The van der Waals surface area contributed by atoms with Crippen LogP contribution in [0, 0.1) is 6.92 Å². The second-order valence-electron chi connectivity index (χ2n) is 14.9. The molecule has 0 aliphatic heterocycles. The summed E-state index contributed by atoms with van der Waals surface area (Å²) in [5.74, 6) is 0. The molecule has 0 N–H and O–H groups in total. The fourth-order valence-electron chi connectivity index (χ4n) is 8.96. The fraction of sp³-hybridized carbons (Fsp3) is 0.0189. The average Bonchev–Trinajstić information content (AvgIpc) is 3.97. The van der Waals surface area contributed by atoms with Crippen molar-refractivity contribution >= 4 is 111 Å². The van der Waals surface area contributed by atoms with Crippen LogP contribution in [0.25, 0.3) is 76.6 Å². The van der Waals surface area contributed by atoms with Gasteiger partial charge in [-0.3, -0.25) is 0 Å². The predicted octanol–water partition coefficient (Wildman–Crippen LogP) is 15.8. The molecule has 0 amide bonds. The molecule has 0 unspecified atom stereocenters. The first-order chi connectivity index (χ1) is 28.7. The maximum atomic E-state index is 6.99. The first-order valence-corrected chi connectivity index (χ1v) is 19.6. The molecule has 5 nitrogen and oxygen atoms in total. The van der Waals surface area contributed by atoms with Crippen molar-refractivity contribution in [3.8, 4) is 0 Å². The van der Waals surface area contributed by atoms with Crippen molar-refractivity contribution < 1.29 is 13.3 Å². The van der Waals surface area contributed by atoms with Crippen LogP contribution >= 0.6 is 0 Å². The largest absolute Gasteiger partial charge is 0.456 e. The number of hydrogen-bond donors (Lipinski definition) is 0. The van der Waals surface area contributed by atoms with Crippen LogP contribution in [0.5, 0.6) is 0 Å². The number of aryl methyl sites for hydroxylation is 1. The molecule has 58 heavy (non-hydrogen) atoms. The number of para-hydroxylation sites is 6. The van der Waals surface area contributed by atoms with Gasteiger partial charge < -0.3 is 23.1 Å². The third-order valence-electron chi connectivity index (χ3n) is 11.6. The Balaban J connectivity index is 1.10. The van der Waals surface area contributed by atoms with Crippen LogP contribution in [0.4, 0.5) is 34.1 Å². The highest BCUT2D eigenvalue weighted by atomic mass is 16.3. The lowest BCUT2D eigenvalue weighted by Gasteiger charge is -2.28. The van der Waals surface area contributed by atoms with Gasteiger partial charge in [0.2, 0.25) is 0 Å². The first-order valence-electron chi connectivity index (χ1n) is 19.6. The van der Waals surface area contributed by atoms with Gasteiger partial charge >= 0.3 is 0 Å². The van der Waals surface area contributed by atoms with E-state index >= 15 is 0 Å². The summed E-state index contributed by atoms with van der Waals surface area (Å²) in [4.78, 5) is 4.60. The maximum Gasteiger partial charge on any atom is 0.159 e. The quantitative estimate of drug-likeness (QED) is 0.170. The van der Waals surface area contributed by atoms with Crippen molar-refractivity contribution in [2.75, 3.05) is 9.80 Å². The van der Waals surface area contributed by atoms with Crippen LogP contribution < -0.4 is 9.80 Å². The summed E-state index contributed by atoms with van der Waals surface area (Å²) in [7, 11) is 0.